The van der Waals surface area contributed by atoms with Crippen LogP contribution in [0.3, 0.4) is 0 Å². The molecule has 2 rings (SSSR count). The molecule has 2 aromatic heterocycles. The van der Waals surface area contributed by atoms with Crippen molar-refractivity contribution in [2.45, 2.75) is 12.6 Å². The predicted molar refractivity (Wildman–Crippen MR) is 67.8 cm³/mol. The van der Waals surface area contributed by atoms with Gasteiger partial charge in [-0.05, 0) is 16.7 Å². The molecule has 0 aromatic carbocycles. The normalized spacial score (nSPS) is 12.1. The van der Waals surface area contributed by atoms with Gasteiger partial charge in [0.1, 0.15) is 6.54 Å². The summed E-state index contributed by atoms with van der Waals surface area (Å²) < 4.78 is 0. The Kier molecular flexibility index (Phi) is 4.38. The molecular formula is C10H11N5O4S. The van der Waals surface area contributed by atoms with Crippen LogP contribution in [0.5, 0.6) is 0 Å². The number of aliphatic carboxylic acids is 1. The average molecular weight is 297 g/mol. The van der Waals surface area contributed by atoms with Crippen molar-refractivity contribution in [1.82, 2.24) is 25.5 Å². The number of carbonyl (C=O) groups is 2. The molecule has 2 heterocycles. The van der Waals surface area contributed by atoms with Crippen molar-refractivity contribution in [2.24, 2.45) is 0 Å². The maximum Gasteiger partial charge on any atom is 0.334 e. The molecule has 0 bridgehead atoms. The predicted octanol–water partition coefficient (Wildman–Crippen LogP) is -1.04. The second kappa shape index (κ2) is 6.21. The molecule has 1 amide bonds. The van der Waals surface area contributed by atoms with Gasteiger partial charge in [-0.15, -0.1) is 10.2 Å². The fourth-order valence-corrected chi connectivity index (χ4v) is 1.93. The Balaban J connectivity index is 1.87. The number of hydrogen-bond donors (Lipinski definition) is 3. The molecule has 0 radical (unpaired) electrons. The lowest BCUT2D eigenvalue weighted by atomic mass is 10.3. The van der Waals surface area contributed by atoms with Crippen LogP contribution in [0.15, 0.2) is 16.8 Å². The van der Waals surface area contributed by atoms with Crippen molar-refractivity contribution in [3.8, 4) is 11.4 Å². The highest BCUT2D eigenvalue weighted by Gasteiger charge is 2.15. The second-order valence-electron chi connectivity index (χ2n) is 3.81. The van der Waals surface area contributed by atoms with Gasteiger partial charge in [-0.1, -0.05) is 0 Å². The number of hydrogen-bond acceptors (Lipinski definition) is 7. The monoisotopic (exact) mass is 297 g/mol. The van der Waals surface area contributed by atoms with Crippen molar-refractivity contribution in [2.75, 3.05) is 6.54 Å². The van der Waals surface area contributed by atoms with E-state index in [2.05, 4.69) is 20.7 Å². The van der Waals surface area contributed by atoms with Crippen LogP contribution in [0.4, 0.5) is 0 Å². The van der Waals surface area contributed by atoms with E-state index in [9.17, 15) is 9.59 Å². The Labute approximate surface area is 116 Å². The minimum atomic E-state index is -1.64. The molecule has 9 nitrogen and oxygen atoms in total. The van der Waals surface area contributed by atoms with Gasteiger partial charge in [0.2, 0.25) is 11.7 Å². The van der Waals surface area contributed by atoms with Crippen LogP contribution in [0.25, 0.3) is 11.4 Å². The topological polar surface area (TPSA) is 130 Å². The summed E-state index contributed by atoms with van der Waals surface area (Å²) in [6.45, 7) is -0.580. The molecule has 0 aliphatic carbocycles. The van der Waals surface area contributed by atoms with Crippen LogP contribution in [0.1, 0.15) is 0 Å². The molecule has 0 saturated heterocycles. The molecule has 3 N–H and O–H groups in total. The molecule has 0 unspecified atom stereocenters. The summed E-state index contributed by atoms with van der Waals surface area (Å²) in [5, 5.41) is 35.0. The molecular weight excluding hydrogens is 286 g/mol. The van der Waals surface area contributed by atoms with E-state index in [0.29, 0.717) is 5.82 Å². The Morgan fingerprint density at radius 2 is 2.30 bits per heavy atom. The quantitative estimate of drug-likeness (QED) is 0.621. The van der Waals surface area contributed by atoms with E-state index in [1.54, 1.807) is 0 Å². The number of carboxylic acids is 1. The summed E-state index contributed by atoms with van der Waals surface area (Å²) in [7, 11) is 0. The Morgan fingerprint density at radius 3 is 2.95 bits per heavy atom. The number of thiophene rings is 1. The average Bonchev–Trinajstić information content (AvgIpc) is 3.05. The Bertz CT molecular complexity index is 597. The van der Waals surface area contributed by atoms with Crippen LogP contribution in [-0.4, -0.2) is 54.9 Å². The molecule has 10 heteroatoms. The number of carboxylic acid groups (broad SMARTS) is 1. The van der Waals surface area contributed by atoms with Gasteiger partial charge in [0, 0.05) is 10.9 Å². The standard InChI is InChI=1S/C10H11N5O4S/c16-7(10(18)19)3-11-8(17)4-15-13-9(12-14-15)6-1-2-20-5-6/h1-2,5,7,16H,3-4H2,(H,11,17)(H,18,19)/t7-/m0/s1. The van der Waals surface area contributed by atoms with Gasteiger partial charge in [0.05, 0.1) is 6.54 Å². The zero-order chi connectivity index (χ0) is 14.5. The highest BCUT2D eigenvalue weighted by molar-refractivity contribution is 7.08. The lowest BCUT2D eigenvalue weighted by Gasteiger charge is -2.06. The first kappa shape index (κ1) is 14.1. The number of tetrazole rings is 1. The molecule has 0 aliphatic rings. The van der Waals surface area contributed by atoms with E-state index < -0.39 is 18.0 Å². The van der Waals surface area contributed by atoms with Crippen LogP contribution < -0.4 is 5.32 Å². The van der Waals surface area contributed by atoms with Gasteiger partial charge >= 0.3 is 5.97 Å². The number of aliphatic hydroxyl groups excluding tert-OH is 1. The van der Waals surface area contributed by atoms with E-state index in [1.165, 1.54) is 11.3 Å². The second-order valence-corrected chi connectivity index (χ2v) is 4.59. The minimum Gasteiger partial charge on any atom is -0.479 e. The third-order valence-corrected chi connectivity index (χ3v) is 2.98. The fourth-order valence-electron chi connectivity index (χ4n) is 1.30. The van der Waals surface area contributed by atoms with E-state index in [4.69, 9.17) is 10.2 Å². The van der Waals surface area contributed by atoms with Gasteiger partial charge in [0.15, 0.2) is 6.10 Å². The number of rotatable bonds is 6. The lowest BCUT2D eigenvalue weighted by Crippen LogP contribution is -2.38. The van der Waals surface area contributed by atoms with E-state index >= 15 is 0 Å². The molecule has 0 spiro atoms. The summed E-state index contributed by atoms with van der Waals surface area (Å²) in [5.41, 5.74) is 0.808. The summed E-state index contributed by atoms with van der Waals surface area (Å²) in [5.74, 6) is -1.51. The van der Waals surface area contributed by atoms with Crippen molar-refractivity contribution in [3.63, 3.8) is 0 Å². The van der Waals surface area contributed by atoms with Gasteiger partial charge in [-0.2, -0.15) is 16.1 Å². The maximum atomic E-state index is 11.5. The zero-order valence-electron chi connectivity index (χ0n) is 10.1. The number of nitrogens with one attached hydrogen (secondary N) is 1. The number of nitrogens with zero attached hydrogens (tertiary/aromatic N) is 4. The molecule has 106 valence electrons. The van der Waals surface area contributed by atoms with Crippen molar-refractivity contribution in [1.29, 1.82) is 0 Å². The first-order chi connectivity index (χ1) is 9.56. The SMILES string of the molecule is O=C(Cn1nnc(-c2ccsc2)n1)NC[C@H](O)C(=O)O. The fraction of sp³-hybridized carbons (Fsp3) is 0.300. The first-order valence-corrected chi connectivity index (χ1v) is 6.48. The smallest absolute Gasteiger partial charge is 0.334 e. The first-order valence-electron chi connectivity index (χ1n) is 5.54. The number of carbonyl (C=O) groups excluding carboxylic acids is 1. The molecule has 20 heavy (non-hydrogen) atoms. The van der Waals surface area contributed by atoms with Crippen LogP contribution in [0, 0.1) is 0 Å². The molecule has 0 saturated carbocycles. The van der Waals surface area contributed by atoms with Gasteiger partial charge in [0.25, 0.3) is 0 Å². The summed E-state index contributed by atoms with van der Waals surface area (Å²) in [4.78, 5) is 23.0. The number of amides is 1. The third-order valence-electron chi connectivity index (χ3n) is 2.29. The Hall–Kier alpha value is -2.33. The van der Waals surface area contributed by atoms with Crippen LogP contribution >= 0.6 is 11.3 Å². The van der Waals surface area contributed by atoms with Crippen molar-refractivity contribution < 1.29 is 19.8 Å². The van der Waals surface area contributed by atoms with Gasteiger partial charge in [-0.25, -0.2) is 4.79 Å². The highest BCUT2D eigenvalue weighted by atomic mass is 32.1. The number of aromatic nitrogens is 4. The van der Waals surface area contributed by atoms with E-state index in [-0.39, 0.29) is 13.1 Å². The van der Waals surface area contributed by atoms with E-state index in [0.717, 1.165) is 10.4 Å². The zero-order valence-corrected chi connectivity index (χ0v) is 10.9. The highest BCUT2D eigenvalue weighted by Crippen LogP contribution is 2.16. The molecule has 0 aliphatic heterocycles. The van der Waals surface area contributed by atoms with E-state index in [1.807, 2.05) is 16.8 Å². The number of aliphatic hydroxyl groups is 1. The van der Waals surface area contributed by atoms with Gasteiger partial charge < -0.3 is 15.5 Å². The lowest BCUT2D eigenvalue weighted by molar-refractivity contribution is -0.146. The maximum absolute atomic E-state index is 11.5. The van der Waals surface area contributed by atoms with Crippen molar-refractivity contribution >= 4 is 23.2 Å². The summed E-state index contributed by atoms with van der Waals surface area (Å²) >= 11 is 1.49. The summed E-state index contributed by atoms with van der Waals surface area (Å²) in [6, 6.07) is 1.83. The molecule has 0 fully saturated rings. The van der Waals surface area contributed by atoms with Crippen molar-refractivity contribution in [3.05, 3.63) is 16.8 Å². The van der Waals surface area contributed by atoms with Gasteiger partial charge in [-0.3, -0.25) is 4.79 Å². The Morgan fingerprint density at radius 1 is 1.50 bits per heavy atom. The van der Waals surface area contributed by atoms with Crippen LogP contribution in [0.2, 0.25) is 0 Å². The molecule has 2 aromatic rings. The summed E-state index contributed by atoms with van der Waals surface area (Å²) in [6.07, 6.45) is -1.64. The largest absolute Gasteiger partial charge is 0.479 e. The minimum absolute atomic E-state index is 0.205. The van der Waals surface area contributed by atoms with Crippen LogP contribution in [-0.2, 0) is 16.1 Å². The molecule has 1 atom stereocenters. The third kappa shape index (κ3) is 3.59.